The number of benzene rings is 1. The van der Waals surface area contributed by atoms with Gasteiger partial charge in [-0.15, -0.1) is 0 Å². The van der Waals surface area contributed by atoms with Crippen LogP contribution in [-0.2, 0) is 9.59 Å². The van der Waals surface area contributed by atoms with Gasteiger partial charge in [-0.3, -0.25) is 14.9 Å². The number of aliphatic carboxylic acids is 1. The monoisotopic (exact) mass is 284 g/mol. The molecule has 0 aliphatic carbocycles. The quantitative estimate of drug-likeness (QED) is 0.789. The number of urea groups is 1. The molecule has 0 radical (unpaired) electrons. The van der Waals surface area contributed by atoms with E-state index in [1.54, 1.807) is 18.2 Å². The van der Waals surface area contributed by atoms with Crippen molar-refractivity contribution in [1.29, 1.82) is 0 Å². The van der Waals surface area contributed by atoms with E-state index in [2.05, 4.69) is 5.32 Å². The van der Waals surface area contributed by atoms with Crippen molar-refractivity contribution in [2.24, 2.45) is 0 Å². The molecule has 19 heavy (non-hydrogen) atoms. The molecule has 0 unspecified atom stereocenters. The lowest BCUT2D eigenvalue weighted by Crippen LogP contribution is -2.34. The van der Waals surface area contributed by atoms with Gasteiger partial charge in [0, 0.05) is 6.42 Å². The van der Waals surface area contributed by atoms with Crippen molar-refractivity contribution in [3.8, 4) is 0 Å². The Morgan fingerprint density at radius 2 is 1.95 bits per heavy atom. The maximum Gasteiger partial charge on any atom is 0.325 e. The average Bonchev–Trinajstić information content (AvgIpc) is 2.30. The summed E-state index contributed by atoms with van der Waals surface area (Å²) < 4.78 is 0. The molecule has 0 heterocycles. The van der Waals surface area contributed by atoms with Gasteiger partial charge in [-0.1, -0.05) is 17.7 Å². The normalized spacial score (nSPS) is 9.79. The largest absolute Gasteiger partial charge is 0.481 e. The lowest BCUT2D eigenvalue weighted by Gasteiger charge is -2.08. The van der Waals surface area contributed by atoms with Gasteiger partial charge in [0.25, 0.3) is 0 Å². The van der Waals surface area contributed by atoms with Crippen molar-refractivity contribution >= 4 is 35.2 Å². The molecule has 0 bridgehead atoms. The summed E-state index contributed by atoms with van der Waals surface area (Å²) in [6.45, 7) is 1.85. The van der Waals surface area contributed by atoms with Gasteiger partial charge in [-0.25, -0.2) is 4.79 Å². The minimum atomic E-state index is -1.10. The minimum absolute atomic E-state index is 0.260. The lowest BCUT2D eigenvalue weighted by atomic mass is 10.2. The van der Waals surface area contributed by atoms with Crippen LogP contribution < -0.4 is 10.6 Å². The average molecular weight is 285 g/mol. The van der Waals surface area contributed by atoms with Crippen LogP contribution in [-0.4, -0.2) is 23.0 Å². The number of nitrogens with one attached hydrogen (secondary N) is 2. The van der Waals surface area contributed by atoms with Crippen LogP contribution in [0.15, 0.2) is 18.2 Å². The van der Waals surface area contributed by atoms with E-state index in [1.165, 1.54) is 0 Å². The van der Waals surface area contributed by atoms with Gasteiger partial charge in [0.2, 0.25) is 5.91 Å². The van der Waals surface area contributed by atoms with Gasteiger partial charge < -0.3 is 10.4 Å². The summed E-state index contributed by atoms with van der Waals surface area (Å²) in [4.78, 5) is 32.9. The second-order valence-corrected chi connectivity index (χ2v) is 4.29. The van der Waals surface area contributed by atoms with Gasteiger partial charge in [0.15, 0.2) is 0 Å². The number of carbonyl (C=O) groups excluding carboxylic acids is 2. The highest BCUT2D eigenvalue weighted by atomic mass is 35.5. The molecule has 102 valence electrons. The van der Waals surface area contributed by atoms with Gasteiger partial charge in [0.1, 0.15) is 0 Å². The molecule has 3 N–H and O–H groups in total. The zero-order chi connectivity index (χ0) is 14.4. The molecule has 0 aliphatic rings. The van der Waals surface area contributed by atoms with E-state index in [0.717, 1.165) is 5.56 Å². The molecule has 1 rings (SSSR count). The highest BCUT2D eigenvalue weighted by Gasteiger charge is 2.11. The Bertz CT molecular complexity index is 516. The third kappa shape index (κ3) is 5.39. The molecule has 0 aromatic heterocycles. The number of amides is 3. The molecule has 0 saturated carbocycles. The number of hydrogen-bond donors (Lipinski definition) is 3. The summed E-state index contributed by atoms with van der Waals surface area (Å²) in [6.07, 6.45) is -0.589. The first-order valence-corrected chi connectivity index (χ1v) is 5.85. The molecule has 1 aromatic carbocycles. The predicted octanol–water partition coefficient (Wildman–Crippen LogP) is 2.16. The highest BCUT2D eigenvalue weighted by molar-refractivity contribution is 6.33. The summed E-state index contributed by atoms with van der Waals surface area (Å²) in [5, 5.41) is 13.2. The Morgan fingerprint density at radius 3 is 2.53 bits per heavy atom. The first-order valence-electron chi connectivity index (χ1n) is 5.47. The molecular formula is C12H13ClN2O4. The molecule has 1 aromatic rings. The Kier molecular flexibility index (Phi) is 5.32. The Balaban J connectivity index is 2.51. The third-order valence-corrected chi connectivity index (χ3v) is 2.50. The van der Waals surface area contributed by atoms with Crippen molar-refractivity contribution < 1.29 is 19.5 Å². The molecule has 0 atom stereocenters. The van der Waals surface area contributed by atoms with Gasteiger partial charge in [0.05, 0.1) is 17.1 Å². The minimum Gasteiger partial charge on any atom is -0.481 e. The summed E-state index contributed by atoms with van der Waals surface area (Å²) in [5.74, 6) is -1.76. The van der Waals surface area contributed by atoms with Gasteiger partial charge in [-0.2, -0.15) is 0 Å². The van der Waals surface area contributed by atoms with Gasteiger partial charge in [-0.05, 0) is 24.6 Å². The second-order valence-electron chi connectivity index (χ2n) is 3.88. The fourth-order valence-electron chi connectivity index (χ4n) is 1.28. The number of halogens is 1. The second kappa shape index (κ2) is 6.75. The Hall–Kier alpha value is -2.08. The third-order valence-electron chi connectivity index (χ3n) is 2.19. The van der Waals surface area contributed by atoms with Crippen molar-refractivity contribution in [2.45, 2.75) is 19.8 Å². The molecule has 7 heteroatoms. The molecule has 6 nitrogen and oxygen atoms in total. The van der Waals surface area contributed by atoms with Crippen LogP contribution >= 0.6 is 11.6 Å². The van der Waals surface area contributed by atoms with E-state index in [0.29, 0.717) is 10.7 Å². The number of aryl methyl sites for hydroxylation is 1. The summed E-state index contributed by atoms with van der Waals surface area (Å²) in [7, 11) is 0. The first-order chi connectivity index (χ1) is 8.88. The zero-order valence-corrected chi connectivity index (χ0v) is 11.0. The molecule has 0 aliphatic heterocycles. The number of carbonyl (C=O) groups is 3. The van der Waals surface area contributed by atoms with Crippen molar-refractivity contribution in [3.63, 3.8) is 0 Å². The number of rotatable bonds is 4. The van der Waals surface area contributed by atoms with Crippen LogP contribution in [0.1, 0.15) is 18.4 Å². The van der Waals surface area contributed by atoms with Crippen LogP contribution in [0.4, 0.5) is 10.5 Å². The van der Waals surface area contributed by atoms with Crippen LogP contribution in [0, 0.1) is 6.92 Å². The zero-order valence-electron chi connectivity index (χ0n) is 10.2. The number of imide groups is 1. The molecule has 0 spiro atoms. The Labute approximate surface area is 114 Å². The number of carboxylic acid groups (broad SMARTS) is 1. The smallest absolute Gasteiger partial charge is 0.325 e. The van der Waals surface area contributed by atoms with Crippen LogP contribution in [0.2, 0.25) is 5.02 Å². The van der Waals surface area contributed by atoms with E-state index in [9.17, 15) is 14.4 Å². The van der Waals surface area contributed by atoms with Crippen LogP contribution in [0.5, 0.6) is 0 Å². The summed E-state index contributed by atoms with van der Waals surface area (Å²) in [5.41, 5.74) is 1.31. The molecule has 3 amide bonds. The van der Waals surface area contributed by atoms with E-state index in [-0.39, 0.29) is 12.8 Å². The van der Waals surface area contributed by atoms with E-state index in [4.69, 9.17) is 16.7 Å². The maximum absolute atomic E-state index is 11.5. The highest BCUT2D eigenvalue weighted by Crippen LogP contribution is 2.22. The van der Waals surface area contributed by atoms with E-state index < -0.39 is 17.9 Å². The fraction of sp³-hybridized carbons (Fsp3) is 0.250. The topological polar surface area (TPSA) is 95.5 Å². The van der Waals surface area contributed by atoms with Crippen molar-refractivity contribution in [2.75, 3.05) is 5.32 Å². The Morgan fingerprint density at radius 1 is 1.26 bits per heavy atom. The lowest BCUT2D eigenvalue weighted by molar-refractivity contribution is -0.138. The summed E-state index contributed by atoms with van der Waals surface area (Å²) in [6, 6.07) is 4.29. The number of carboxylic acids is 1. The van der Waals surface area contributed by atoms with E-state index >= 15 is 0 Å². The molecule has 0 fully saturated rings. The van der Waals surface area contributed by atoms with Gasteiger partial charge >= 0.3 is 12.0 Å². The first kappa shape index (κ1) is 15.0. The SMILES string of the molecule is Cc1ccc(NC(=O)NC(=O)CCC(=O)O)c(Cl)c1. The number of hydrogen-bond acceptors (Lipinski definition) is 3. The predicted molar refractivity (Wildman–Crippen MR) is 70.2 cm³/mol. The fourth-order valence-corrected chi connectivity index (χ4v) is 1.57. The van der Waals surface area contributed by atoms with E-state index in [1.807, 2.05) is 12.2 Å². The van der Waals surface area contributed by atoms with Crippen molar-refractivity contribution in [3.05, 3.63) is 28.8 Å². The van der Waals surface area contributed by atoms with Crippen LogP contribution in [0.3, 0.4) is 0 Å². The molecular weight excluding hydrogens is 272 g/mol. The maximum atomic E-state index is 11.5. The van der Waals surface area contributed by atoms with Crippen LogP contribution in [0.25, 0.3) is 0 Å². The van der Waals surface area contributed by atoms with Crippen molar-refractivity contribution in [1.82, 2.24) is 5.32 Å². The standard InChI is InChI=1S/C12H13ClN2O4/c1-7-2-3-9(8(13)6-7)14-12(19)15-10(16)4-5-11(17)18/h2-3,6H,4-5H2,1H3,(H,17,18)(H2,14,15,16,19). The summed E-state index contributed by atoms with van der Waals surface area (Å²) >= 11 is 5.91. The molecule has 0 saturated heterocycles. The number of anilines is 1.